The summed E-state index contributed by atoms with van der Waals surface area (Å²) in [4.78, 5) is 46.0. The topological polar surface area (TPSA) is 112 Å². The molecule has 2 aliphatic heterocycles. The maximum Gasteiger partial charge on any atom is 0.435 e. The van der Waals surface area contributed by atoms with Gasteiger partial charge >= 0.3 is 12.2 Å². The molecule has 0 saturated carbocycles. The number of nitrogens with zero attached hydrogens (tertiary/aromatic N) is 5. The van der Waals surface area contributed by atoms with Crippen molar-refractivity contribution in [3.8, 4) is 0 Å². The summed E-state index contributed by atoms with van der Waals surface area (Å²) in [7, 11) is 6.55. The zero-order valence-corrected chi connectivity index (χ0v) is 24.9. The lowest BCUT2D eigenvalue weighted by Crippen LogP contribution is -2.63. The van der Waals surface area contributed by atoms with Crippen LogP contribution in [0.1, 0.15) is 43.5 Å². The van der Waals surface area contributed by atoms with Gasteiger partial charge in [-0.25, -0.2) is 9.78 Å². The van der Waals surface area contributed by atoms with Gasteiger partial charge in [0.15, 0.2) is 11.5 Å². The van der Waals surface area contributed by atoms with Crippen molar-refractivity contribution in [3.63, 3.8) is 0 Å². The highest BCUT2D eigenvalue weighted by Crippen LogP contribution is 2.46. The van der Waals surface area contributed by atoms with Crippen molar-refractivity contribution < 1.29 is 32.3 Å². The molecule has 0 radical (unpaired) electrons. The number of carbonyl (C=O) groups excluding carboxylic acids is 3. The van der Waals surface area contributed by atoms with E-state index in [1.165, 1.54) is 14.4 Å². The first-order chi connectivity index (χ1) is 20.8. The molecular formula is C30H34F3N7O4. The Morgan fingerprint density at radius 1 is 0.932 bits per heavy atom. The lowest BCUT2D eigenvalue weighted by molar-refractivity contribution is -0.174. The summed E-state index contributed by atoms with van der Waals surface area (Å²) in [6, 6.07) is 13.4. The number of amides is 4. The van der Waals surface area contributed by atoms with Gasteiger partial charge in [-0.2, -0.15) is 13.2 Å². The van der Waals surface area contributed by atoms with Crippen LogP contribution in [0.2, 0.25) is 0 Å². The van der Waals surface area contributed by atoms with Gasteiger partial charge < -0.3 is 29.7 Å². The zero-order valence-electron chi connectivity index (χ0n) is 24.9. The number of nitrogens with one attached hydrogen (secondary N) is 2. The maximum absolute atomic E-state index is 14.4. The molecule has 4 amide bonds. The Morgan fingerprint density at radius 2 is 1.57 bits per heavy atom. The number of alkyl halides is 3. The minimum atomic E-state index is -4.79. The van der Waals surface area contributed by atoms with Crippen LogP contribution in [-0.4, -0.2) is 90.0 Å². The van der Waals surface area contributed by atoms with Crippen LogP contribution in [0.5, 0.6) is 0 Å². The fourth-order valence-corrected chi connectivity index (χ4v) is 5.38. The molecule has 14 heteroatoms. The lowest BCUT2D eigenvalue weighted by atomic mass is 9.86. The Bertz CT molecular complexity index is 1550. The number of benzene rings is 2. The SMILES string of the molecule is CN(C)C(=O)Nc1ccc(CNC(=O)c2nc(C(F)(F)F)c3n2CCN(Cc2ccc(C(=O)N(C)C)cc2)C32COC2)cc1. The van der Waals surface area contributed by atoms with Crippen LogP contribution < -0.4 is 10.6 Å². The van der Waals surface area contributed by atoms with Crippen molar-refractivity contribution >= 4 is 23.5 Å². The molecule has 2 aliphatic rings. The maximum atomic E-state index is 14.4. The third-order valence-corrected chi connectivity index (χ3v) is 7.81. The summed E-state index contributed by atoms with van der Waals surface area (Å²) in [6.45, 7) is 0.919. The van der Waals surface area contributed by atoms with Gasteiger partial charge in [-0.3, -0.25) is 14.5 Å². The number of fused-ring (bicyclic) bond motifs is 2. The van der Waals surface area contributed by atoms with Crippen LogP contribution in [-0.2, 0) is 36.1 Å². The Hall–Kier alpha value is -4.43. The molecule has 1 fully saturated rings. The number of imidazole rings is 1. The van der Waals surface area contributed by atoms with Crippen molar-refractivity contribution in [2.45, 2.75) is 31.3 Å². The van der Waals surface area contributed by atoms with Gasteiger partial charge in [0.1, 0.15) is 5.54 Å². The van der Waals surface area contributed by atoms with E-state index in [0.717, 1.165) is 5.56 Å². The molecule has 2 N–H and O–H groups in total. The van der Waals surface area contributed by atoms with Crippen molar-refractivity contribution in [1.29, 1.82) is 0 Å². The second-order valence-corrected chi connectivity index (χ2v) is 11.3. The Kier molecular flexibility index (Phi) is 8.40. The molecule has 0 aliphatic carbocycles. The quantitative estimate of drug-likeness (QED) is 0.423. The molecule has 11 nitrogen and oxygen atoms in total. The van der Waals surface area contributed by atoms with Gasteiger partial charge in [-0.05, 0) is 35.4 Å². The molecule has 234 valence electrons. The predicted octanol–water partition coefficient (Wildman–Crippen LogP) is 3.37. The molecule has 0 bridgehead atoms. The second-order valence-electron chi connectivity index (χ2n) is 11.3. The number of hydrogen-bond donors (Lipinski definition) is 2. The molecule has 5 rings (SSSR count). The van der Waals surface area contributed by atoms with Crippen LogP contribution in [0, 0.1) is 0 Å². The van der Waals surface area contributed by atoms with Crippen LogP contribution in [0.4, 0.5) is 23.7 Å². The largest absolute Gasteiger partial charge is 0.435 e. The molecule has 0 atom stereocenters. The number of hydrogen-bond acceptors (Lipinski definition) is 6. The van der Waals surface area contributed by atoms with Crippen LogP contribution in [0.25, 0.3) is 0 Å². The molecular weight excluding hydrogens is 579 g/mol. The second kappa shape index (κ2) is 11.9. The molecule has 0 unspecified atom stereocenters. The van der Waals surface area contributed by atoms with E-state index < -0.39 is 23.3 Å². The average molecular weight is 614 g/mol. The van der Waals surface area contributed by atoms with E-state index in [9.17, 15) is 27.6 Å². The highest BCUT2D eigenvalue weighted by atomic mass is 19.4. The van der Waals surface area contributed by atoms with E-state index in [1.807, 2.05) is 4.90 Å². The van der Waals surface area contributed by atoms with Gasteiger partial charge in [0.2, 0.25) is 0 Å². The molecule has 3 aromatic rings. The van der Waals surface area contributed by atoms with E-state index in [4.69, 9.17) is 4.74 Å². The van der Waals surface area contributed by atoms with E-state index >= 15 is 0 Å². The smallest absolute Gasteiger partial charge is 0.377 e. The van der Waals surface area contributed by atoms with Gasteiger partial charge in [0.25, 0.3) is 11.8 Å². The fraction of sp³-hybridized carbons (Fsp3) is 0.400. The Labute approximate surface area is 252 Å². The van der Waals surface area contributed by atoms with Crippen molar-refractivity contribution in [2.75, 3.05) is 53.3 Å². The van der Waals surface area contributed by atoms with E-state index in [0.29, 0.717) is 29.9 Å². The first kappa shape index (κ1) is 31.0. The molecule has 2 aromatic carbocycles. The number of anilines is 1. The number of ether oxygens (including phenoxy) is 1. The summed E-state index contributed by atoms with van der Waals surface area (Å²) >= 11 is 0. The molecule has 1 spiro atoms. The van der Waals surface area contributed by atoms with Crippen molar-refractivity contribution in [3.05, 3.63) is 82.4 Å². The van der Waals surface area contributed by atoms with E-state index in [2.05, 4.69) is 15.6 Å². The molecule has 1 aromatic heterocycles. The minimum Gasteiger partial charge on any atom is -0.377 e. The highest BCUT2D eigenvalue weighted by molar-refractivity contribution is 5.94. The highest BCUT2D eigenvalue weighted by Gasteiger charge is 2.56. The molecule has 44 heavy (non-hydrogen) atoms. The number of aromatic nitrogens is 2. The minimum absolute atomic E-state index is 0.0245. The van der Waals surface area contributed by atoms with Gasteiger partial charge in [0.05, 0.1) is 18.9 Å². The van der Waals surface area contributed by atoms with Gasteiger partial charge in [0, 0.05) is 65.6 Å². The van der Waals surface area contributed by atoms with Crippen molar-refractivity contribution in [1.82, 2.24) is 29.6 Å². The van der Waals surface area contributed by atoms with Gasteiger partial charge in [-0.15, -0.1) is 0 Å². The monoisotopic (exact) mass is 613 g/mol. The summed E-state index contributed by atoms with van der Waals surface area (Å²) < 4.78 is 50.0. The van der Waals surface area contributed by atoms with Crippen molar-refractivity contribution in [2.24, 2.45) is 0 Å². The first-order valence-electron chi connectivity index (χ1n) is 14.0. The summed E-state index contributed by atoms with van der Waals surface area (Å²) in [5.74, 6) is -1.18. The first-order valence-corrected chi connectivity index (χ1v) is 14.0. The zero-order chi connectivity index (χ0) is 31.8. The van der Waals surface area contributed by atoms with Crippen LogP contribution in [0.15, 0.2) is 48.5 Å². The Balaban J connectivity index is 1.36. The number of halogens is 3. The third kappa shape index (κ3) is 5.99. The third-order valence-electron chi connectivity index (χ3n) is 7.81. The normalized spacial score (nSPS) is 15.7. The summed E-state index contributed by atoms with van der Waals surface area (Å²) in [5.41, 5.74) is 0.316. The van der Waals surface area contributed by atoms with Gasteiger partial charge in [-0.1, -0.05) is 24.3 Å². The lowest BCUT2D eigenvalue weighted by Gasteiger charge is -2.52. The molecule has 3 heterocycles. The number of urea groups is 1. The van der Waals surface area contributed by atoms with Crippen LogP contribution >= 0.6 is 0 Å². The Morgan fingerprint density at radius 3 is 2.11 bits per heavy atom. The average Bonchev–Trinajstić information content (AvgIpc) is 3.36. The van der Waals surface area contributed by atoms with E-state index in [1.54, 1.807) is 76.7 Å². The molecule has 1 saturated heterocycles. The summed E-state index contributed by atoms with van der Waals surface area (Å²) in [5, 5.41) is 5.39. The standard InChI is InChI=1S/C30H34F3N7O4/c1-37(2)27(42)21-9-5-20(6-10-21)16-39-13-14-40-24(29(39)17-44-18-29)23(30(31,32)33)36-25(40)26(41)34-15-19-7-11-22(12-8-19)35-28(43)38(3)4/h5-12H,13-18H2,1-4H3,(H,34,41)(H,35,43). The fourth-order valence-electron chi connectivity index (χ4n) is 5.38. The number of rotatable bonds is 7. The summed E-state index contributed by atoms with van der Waals surface area (Å²) in [6.07, 6.45) is -4.79. The van der Waals surface area contributed by atoms with E-state index in [-0.39, 0.29) is 49.8 Å². The number of carbonyl (C=O) groups is 3. The predicted molar refractivity (Wildman–Crippen MR) is 155 cm³/mol. The van der Waals surface area contributed by atoms with Crippen LogP contribution in [0.3, 0.4) is 0 Å².